The van der Waals surface area contributed by atoms with Gasteiger partial charge in [0.05, 0.1) is 44.6 Å². The fourth-order valence-corrected chi connectivity index (χ4v) is 4.95. The molecule has 3 aliphatic rings. The monoisotopic (exact) mass is 471 g/mol. The van der Waals surface area contributed by atoms with E-state index < -0.39 is 12.0 Å². The van der Waals surface area contributed by atoms with Gasteiger partial charge in [-0.3, -0.25) is 4.79 Å². The molecule has 1 atom stereocenters. The lowest BCUT2D eigenvalue weighted by molar-refractivity contribution is -0.139. The number of benzene rings is 1. The zero-order chi connectivity index (χ0) is 23.5. The van der Waals surface area contributed by atoms with Crippen LogP contribution in [0.2, 0.25) is 0 Å². The van der Waals surface area contributed by atoms with E-state index in [-0.39, 0.29) is 18.9 Å². The smallest absolute Gasteiger partial charge is 0.338 e. The molecule has 1 amide bonds. The number of allylic oxidation sites excluding steroid dienone is 1. The van der Waals surface area contributed by atoms with Gasteiger partial charge in [0.1, 0.15) is 11.5 Å². The van der Waals surface area contributed by atoms with Crippen LogP contribution in [0.1, 0.15) is 44.7 Å². The quantitative estimate of drug-likeness (QED) is 0.549. The molecule has 1 saturated carbocycles. The van der Waals surface area contributed by atoms with E-state index in [1.54, 1.807) is 34.1 Å². The largest absolute Gasteiger partial charge is 0.497 e. The summed E-state index contributed by atoms with van der Waals surface area (Å²) in [4.78, 5) is 32.4. The number of nitrogens with zero attached hydrogens (tertiary/aromatic N) is 2. The molecule has 0 aromatic heterocycles. The molecule has 8 nitrogen and oxygen atoms in total. The number of amides is 1. The molecule has 1 unspecified atom stereocenters. The predicted octanol–water partition coefficient (Wildman–Crippen LogP) is 3.76. The van der Waals surface area contributed by atoms with Crippen LogP contribution in [0.3, 0.4) is 0 Å². The summed E-state index contributed by atoms with van der Waals surface area (Å²) < 4.78 is 16.4. The molecular formula is C24H29N3O5S. The van der Waals surface area contributed by atoms with Gasteiger partial charge in [0.25, 0.3) is 0 Å². The minimum Gasteiger partial charge on any atom is -0.497 e. The Labute approximate surface area is 198 Å². The van der Waals surface area contributed by atoms with E-state index >= 15 is 0 Å². The highest BCUT2D eigenvalue weighted by Gasteiger charge is 2.42. The molecule has 0 bridgehead atoms. The van der Waals surface area contributed by atoms with Crippen LogP contribution in [-0.4, -0.2) is 49.3 Å². The first kappa shape index (κ1) is 23.2. The average Bonchev–Trinajstić information content (AvgIpc) is 3.57. The van der Waals surface area contributed by atoms with E-state index in [0.29, 0.717) is 40.4 Å². The normalized spacial score (nSPS) is 19.5. The summed E-state index contributed by atoms with van der Waals surface area (Å²) in [5.74, 6) is 1.34. The van der Waals surface area contributed by atoms with Crippen molar-refractivity contribution in [3.8, 4) is 11.5 Å². The molecule has 4 rings (SSSR count). The van der Waals surface area contributed by atoms with Gasteiger partial charge in [0.15, 0.2) is 5.17 Å². The molecule has 1 aliphatic carbocycles. The summed E-state index contributed by atoms with van der Waals surface area (Å²) in [6.07, 6.45) is 2.55. The number of amidine groups is 1. The molecule has 1 aromatic carbocycles. The standard InChI is InChI=1S/C24H29N3O5S/c1-5-32-23(29)21-14(2)26-24-27(16(13-33-24)10-20(28)25-12-15-6-7-15)22(21)18-9-8-17(30-3)11-19(18)31-4/h8-9,11,13,15,22H,5-7,10,12H2,1-4H3,(H,25,28). The van der Waals surface area contributed by atoms with Crippen LogP contribution in [-0.2, 0) is 14.3 Å². The number of nitrogens with one attached hydrogen (secondary N) is 1. The van der Waals surface area contributed by atoms with Crippen molar-refractivity contribution < 1.29 is 23.8 Å². The van der Waals surface area contributed by atoms with Gasteiger partial charge in [-0.1, -0.05) is 11.8 Å². The molecule has 0 spiro atoms. The number of ether oxygens (including phenoxy) is 3. The van der Waals surface area contributed by atoms with Gasteiger partial charge >= 0.3 is 5.97 Å². The number of methoxy groups -OCH3 is 2. The number of carbonyl (C=O) groups excluding carboxylic acids is 2. The van der Waals surface area contributed by atoms with Crippen LogP contribution >= 0.6 is 11.8 Å². The predicted molar refractivity (Wildman–Crippen MR) is 127 cm³/mol. The fourth-order valence-electron chi connectivity index (χ4n) is 3.99. The number of aliphatic imine (C=N–C) groups is 1. The van der Waals surface area contributed by atoms with Crippen molar-refractivity contribution in [2.45, 2.75) is 39.2 Å². The van der Waals surface area contributed by atoms with Crippen molar-refractivity contribution in [1.82, 2.24) is 10.2 Å². The Bertz CT molecular complexity index is 1040. The number of fused-ring (bicyclic) bond motifs is 1. The van der Waals surface area contributed by atoms with E-state index in [2.05, 4.69) is 10.3 Å². The molecule has 2 aliphatic heterocycles. The maximum absolute atomic E-state index is 13.1. The first-order valence-electron chi connectivity index (χ1n) is 11.1. The zero-order valence-corrected chi connectivity index (χ0v) is 20.2. The second-order valence-corrected chi connectivity index (χ2v) is 8.98. The topological polar surface area (TPSA) is 89.5 Å². The summed E-state index contributed by atoms with van der Waals surface area (Å²) in [5, 5.41) is 5.67. The van der Waals surface area contributed by atoms with Gasteiger partial charge in [-0.15, -0.1) is 0 Å². The number of hydrogen-bond acceptors (Lipinski definition) is 8. The Morgan fingerprint density at radius 2 is 2.03 bits per heavy atom. The third-order valence-electron chi connectivity index (χ3n) is 5.86. The van der Waals surface area contributed by atoms with Crippen LogP contribution in [0.15, 0.2) is 45.6 Å². The number of rotatable bonds is 9. The van der Waals surface area contributed by atoms with E-state index in [1.807, 2.05) is 22.4 Å². The summed E-state index contributed by atoms with van der Waals surface area (Å²) in [5.41, 5.74) is 2.56. The van der Waals surface area contributed by atoms with Crippen LogP contribution in [0.4, 0.5) is 0 Å². The zero-order valence-electron chi connectivity index (χ0n) is 19.3. The SMILES string of the molecule is CCOC(=O)C1=C(C)N=C2SC=C(CC(=O)NCC3CC3)N2C1c1ccc(OC)cc1OC. The highest BCUT2D eigenvalue weighted by atomic mass is 32.2. The highest BCUT2D eigenvalue weighted by Crippen LogP contribution is 2.47. The Morgan fingerprint density at radius 3 is 2.70 bits per heavy atom. The Balaban J connectivity index is 1.72. The minimum absolute atomic E-state index is 0.0422. The molecule has 1 N–H and O–H groups in total. The van der Waals surface area contributed by atoms with Gasteiger partial charge < -0.3 is 24.4 Å². The van der Waals surface area contributed by atoms with Crippen LogP contribution in [0.5, 0.6) is 11.5 Å². The van der Waals surface area contributed by atoms with Gasteiger partial charge in [0, 0.05) is 23.9 Å². The Hall–Kier alpha value is -2.94. The minimum atomic E-state index is -0.546. The molecule has 2 heterocycles. The molecule has 0 radical (unpaired) electrons. The average molecular weight is 472 g/mol. The van der Waals surface area contributed by atoms with Crippen molar-refractivity contribution >= 4 is 28.8 Å². The molecule has 0 saturated heterocycles. The highest BCUT2D eigenvalue weighted by molar-refractivity contribution is 8.16. The van der Waals surface area contributed by atoms with E-state index in [9.17, 15) is 9.59 Å². The molecule has 33 heavy (non-hydrogen) atoms. The third-order valence-corrected chi connectivity index (χ3v) is 6.75. The lowest BCUT2D eigenvalue weighted by Crippen LogP contribution is -2.38. The molecule has 1 aromatic rings. The van der Waals surface area contributed by atoms with Crippen LogP contribution in [0, 0.1) is 5.92 Å². The molecule has 176 valence electrons. The first-order valence-corrected chi connectivity index (χ1v) is 11.9. The van der Waals surface area contributed by atoms with E-state index in [1.165, 1.54) is 24.6 Å². The van der Waals surface area contributed by atoms with Crippen molar-refractivity contribution in [2.75, 3.05) is 27.4 Å². The third kappa shape index (κ3) is 4.88. The summed E-state index contributed by atoms with van der Waals surface area (Å²) in [6, 6.07) is 4.95. The molecular weight excluding hydrogens is 442 g/mol. The van der Waals surface area contributed by atoms with Crippen molar-refractivity contribution in [1.29, 1.82) is 0 Å². The van der Waals surface area contributed by atoms with E-state index in [4.69, 9.17) is 14.2 Å². The lowest BCUT2D eigenvalue weighted by Gasteiger charge is -2.36. The summed E-state index contributed by atoms with van der Waals surface area (Å²) in [6.45, 7) is 4.54. The van der Waals surface area contributed by atoms with Crippen LogP contribution < -0.4 is 14.8 Å². The van der Waals surface area contributed by atoms with Crippen LogP contribution in [0.25, 0.3) is 0 Å². The maximum atomic E-state index is 13.1. The van der Waals surface area contributed by atoms with Crippen molar-refractivity contribution in [2.24, 2.45) is 10.9 Å². The van der Waals surface area contributed by atoms with E-state index in [0.717, 1.165) is 11.3 Å². The van der Waals surface area contributed by atoms with Crippen molar-refractivity contribution in [3.05, 3.63) is 46.1 Å². The van der Waals surface area contributed by atoms with Gasteiger partial charge in [-0.2, -0.15) is 0 Å². The van der Waals surface area contributed by atoms with Gasteiger partial charge in [0.2, 0.25) is 5.91 Å². The molecule has 1 fully saturated rings. The number of esters is 1. The maximum Gasteiger partial charge on any atom is 0.338 e. The number of hydrogen-bond donors (Lipinski definition) is 1. The Kier molecular flexibility index (Phi) is 6.97. The number of carbonyl (C=O) groups is 2. The van der Waals surface area contributed by atoms with Gasteiger partial charge in [-0.25, -0.2) is 9.79 Å². The molecule has 9 heteroatoms. The Morgan fingerprint density at radius 1 is 1.24 bits per heavy atom. The number of thioether (sulfide) groups is 1. The second kappa shape index (κ2) is 9.91. The first-order chi connectivity index (χ1) is 16.0. The van der Waals surface area contributed by atoms with Gasteiger partial charge in [-0.05, 0) is 50.1 Å². The van der Waals surface area contributed by atoms with Crippen molar-refractivity contribution in [3.63, 3.8) is 0 Å². The summed E-state index contributed by atoms with van der Waals surface area (Å²) >= 11 is 1.45. The fraction of sp³-hybridized carbons (Fsp3) is 0.458. The summed E-state index contributed by atoms with van der Waals surface area (Å²) in [7, 11) is 3.17. The lowest BCUT2D eigenvalue weighted by atomic mass is 9.93. The second-order valence-electron chi connectivity index (χ2n) is 8.15.